The molecule has 0 aromatic rings. The average Bonchev–Trinajstić information content (AvgIpc) is 1.89. The maximum atomic E-state index is 6.85. The van der Waals surface area contributed by atoms with E-state index in [-0.39, 0.29) is 0 Å². The zero-order valence-electron chi connectivity index (χ0n) is 6.95. The molecule has 0 heterocycles. The Bertz CT molecular complexity index is 40.2. The molecule has 0 bridgehead atoms. The van der Waals surface area contributed by atoms with Crippen LogP contribution in [0.5, 0.6) is 0 Å². The lowest BCUT2D eigenvalue weighted by Gasteiger charge is -1.90. The van der Waals surface area contributed by atoms with E-state index >= 15 is 0 Å². The van der Waals surface area contributed by atoms with Crippen molar-refractivity contribution in [2.75, 3.05) is 0 Å². The second-order valence-electron chi connectivity index (χ2n) is 1.77. The topological polar surface area (TPSA) is 0 Å². The second kappa shape index (κ2) is 6.00. The molecule has 0 aliphatic rings. The average molecular weight is 102 g/mol. The molecule has 0 heteroatoms. The molecule has 0 fully saturated rings. The molecule has 44 valence electrons. The third-order valence-corrected chi connectivity index (χ3v) is 1.000. The Hall–Kier alpha value is 0. The number of rotatable bonds is 4. The Morgan fingerprint density at radius 2 is 1.57 bits per heavy atom. The first kappa shape index (κ1) is 3.94. The number of unbranched alkanes of at least 4 members (excludes halogenated alkanes) is 4. The lowest BCUT2D eigenvalue weighted by atomic mass is 10.2. The van der Waals surface area contributed by atoms with Crippen LogP contribution in [-0.2, 0) is 0 Å². The minimum absolute atomic E-state index is 0.570. The smallest absolute Gasteiger partial charge is 0.0230 e. The Morgan fingerprint density at radius 1 is 1.00 bits per heavy atom. The van der Waals surface area contributed by atoms with Gasteiger partial charge >= 0.3 is 0 Å². The van der Waals surface area contributed by atoms with Crippen molar-refractivity contribution >= 4 is 0 Å². The summed E-state index contributed by atoms with van der Waals surface area (Å²) in [6.45, 7) is 1.14. The van der Waals surface area contributed by atoms with Gasteiger partial charge in [-0.2, -0.15) is 0 Å². The van der Waals surface area contributed by atoms with Crippen molar-refractivity contribution < 1.29 is 2.74 Å². The molecule has 0 amide bonds. The summed E-state index contributed by atoms with van der Waals surface area (Å²) in [5.74, 6) is 0. The van der Waals surface area contributed by atoms with Crippen LogP contribution in [0.2, 0.25) is 0 Å². The van der Waals surface area contributed by atoms with E-state index in [2.05, 4.69) is 0 Å². The molecule has 0 spiro atoms. The van der Waals surface area contributed by atoms with Gasteiger partial charge < -0.3 is 0 Å². The summed E-state index contributed by atoms with van der Waals surface area (Å²) in [4.78, 5) is 0. The van der Waals surface area contributed by atoms with Gasteiger partial charge in [0.2, 0.25) is 0 Å². The van der Waals surface area contributed by atoms with Crippen LogP contribution >= 0.6 is 0 Å². The van der Waals surface area contributed by atoms with E-state index in [4.69, 9.17) is 2.74 Å². The Balaban J connectivity index is 2.60. The van der Waals surface area contributed by atoms with E-state index in [9.17, 15) is 0 Å². The minimum Gasteiger partial charge on any atom is -0.0654 e. The molecule has 0 aromatic heterocycles. The minimum atomic E-state index is 0.570. The zero-order chi connectivity index (χ0) is 6.95. The van der Waals surface area contributed by atoms with E-state index in [1.165, 1.54) is 19.3 Å². The highest BCUT2D eigenvalue weighted by Gasteiger charge is 1.80. The normalized spacial score (nSPS) is 13.1. The van der Waals surface area contributed by atoms with Gasteiger partial charge in [0.25, 0.3) is 0 Å². The highest BCUT2D eigenvalue weighted by atomic mass is 13.9. The van der Waals surface area contributed by atoms with Gasteiger partial charge in [-0.05, 0) is 0 Å². The van der Waals surface area contributed by atoms with Crippen molar-refractivity contribution in [3.63, 3.8) is 0 Å². The van der Waals surface area contributed by atoms with Gasteiger partial charge in [-0.1, -0.05) is 45.9 Å². The molecule has 7 heavy (non-hydrogen) atoms. The Labute approximate surface area is 49.7 Å². The molecule has 0 aliphatic heterocycles. The first-order valence-corrected chi connectivity index (χ1v) is 3.00. The highest BCUT2D eigenvalue weighted by Crippen LogP contribution is 2.00. The quantitative estimate of drug-likeness (QED) is 0.479. The first-order valence-electron chi connectivity index (χ1n) is 4.41. The van der Waals surface area contributed by atoms with Crippen LogP contribution in [0.25, 0.3) is 0 Å². The van der Waals surface area contributed by atoms with Gasteiger partial charge in [0, 0.05) is 2.74 Å². The maximum absolute atomic E-state index is 6.85. The predicted molar refractivity (Wildman–Crippen MR) is 34.4 cm³/mol. The molecule has 0 aliphatic carbocycles. The third-order valence-electron chi connectivity index (χ3n) is 1.000. The molecule has 0 N–H and O–H groups in total. The van der Waals surface area contributed by atoms with Gasteiger partial charge in [-0.25, -0.2) is 0 Å². The number of hydrogen-bond donors (Lipinski definition) is 0. The van der Waals surface area contributed by atoms with E-state index < -0.39 is 0 Å². The molecule has 0 radical (unpaired) electrons. The summed E-state index contributed by atoms with van der Waals surface area (Å²) in [7, 11) is 0. The fourth-order valence-electron chi connectivity index (χ4n) is 0.530. The van der Waals surface area contributed by atoms with Crippen LogP contribution in [0.15, 0.2) is 0 Å². The van der Waals surface area contributed by atoms with Crippen LogP contribution in [0, 0.1) is 0 Å². The molecule has 0 nitrogen and oxygen atoms in total. The van der Waals surface area contributed by atoms with Crippen LogP contribution in [0.3, 0.4) is 0 Å². The fourth-order valence-corrected chi connectivity index (χ4v) is 0.530. The van der Waals surface area contributed by atoms with Crippen molar-refractivity contribution in [1.29, 1.82) is 0 Å². The van der Waals surface area contributed by atoms with Gasteiger partial charge in [0.1, 0.15) is 0 Å². The van der Waals surface area contributed by atoms with Crippen molar-refractivity contribution in [2.24, 2.45) is 0 Å². The molecule has 0 saturated heterocycles. The summed E-state index contributed by atoms with van der Waals surface area (Å²) in [6, 6.07) is 0. The first-order chi connectivity index (χ1) is 4.41. The summed E-state index contributed by atoms with van der Waals surface area (Å²) in [5.41, 5.74) is 0. The molecular formula is C7H16. The fraction of sp³-hybridized carbons (Fsp3) is 1.00. The standard InChI is InChI=1S/C7H16/c1-3-5-7-6-4-2/h3-7H2,1-2H3/i1D,2D. The van der Waals surface area contributed by atoms with Gasteiger partial charge in [-0.15, -0.1) is 0 Å². The summed E-state index contributed by atoms with van der Waals surface area (Å²) in [5, 5.41) is 0. The zero-order valence-corrected chi connectivity index (χ0v) is 4.95. The Kier molecular flexibility index (Phi) is 3.38. The SMILES string of the molecule is [2H]CCCCCCC[2H]. The molecule has 0 atom stereocenters. The van der Waals surface area contributed by atoms with E-state index in [0.29, 0.717) is 13.8 Å². The number of hydrogen-bond acceptors (Lipinski definition) is 0. The van der Waals surface area contributed by atoms with Crippen molar-refractivity contribution in [3.8, 4) is 0 Å². The van der Waals surface area contributed by atoms with Crippen molar-refractivity contribution in [2.45, 2.75) is 45.9 Å². The van der Waals surface area contributed by atoms with Crippen LogP contribution in [-0.4, -0.2) is 0 Å². The second-order valence-corrected chi connectivity index (χ2v) is 1.77. The largest absolute Gasteiger partial charge is 0.0654 e. The molecule has 0 rings (SSSR count). The highest BCUT2D eigenvalue weighted by molar-refractivity contribution is 4.35. The maximum Gasteiger partial charge on any atom is 0.0230 e. The third kappa shape index (κ3) is 6.00. The van der Waals surface area contributed by atoms with Crippen molar-refractivity contribution in [1.82, 2.24) is 0 Å². The monoisotopic (exact) mass is 102 g/mol. The van der Waals surface area contributed by atoms with E-state index in [1.807, 2.05) is 0 Å². The van der Waals surface area contributed by atoms with E-state index in [1.54, 1.807) is 0 Å². The van der Waals surface area contributed by atoms with Gasteiger partial charge in [-0.3, -0.25) is 0 Å². The lowest BCUT2D eigenvalue weighted by Crippen LogP contribution is -1.70. The van der Waals surface area contributed by atoms with E-state index in [0.717, 1.165) is 12.8 Å². The summed E-state index contributed by atoms with van der Waals surface area (Å²) in [6.07, 6.45) is 5.67. The van der Waals surface area contributed by atoms with Crippen LogP contribution in [0.1, 0.15) is 48.6 Å². The van der Waals surface area contributed by atoms with Crippen LogP contribution < -0.4 is 0 Å². The van der Waals surface area contributed by atoms with Crippen molar-refractivity contribution in [3.05, 3.63) is 0 Å². The lowest BCUT2D eigenvalue weighted by molar-refractivity contribution is 0.656. The van der Waals surface area contributed by atoms with Crippen LogP contribution in [0.4, 0.5) is 0 Å². The predicted octanol–water partition coefficient (Wildman–Crippen LogP) is 2.98. The molecule has 0 saturated carbocycles. The molecule has 0 unspecified atom stereocenters. The van der Waals surface area contributed by atoms with Gasteiger partial charge in [0.15, 0.2) is 0 Å². The van der Waals surface area contributed by atoms with Gasteiger partial charge in [0.05, 0.1) is 0 Å². The summed E-state index contributed by atoms with van der Waals surface area (Å²) >= 11 is 0. The summed E-state index contributed by atoms with van der Waals surface area (Å²) < 4.78 is 13.7. The Morgan fingerprint density at radius 3 is 2.00 bits per heavy atom. The molecular weight excluding hydrogens is 84.1 g/mol. The molecule has 0 aromatic carbocycles.